The van der Waals surface area contributed by atoms with Crippen molar-refractivity contribution in [3.63, 3.8) is 0 Å². The van der Waals surface area contributed by atoms with Crippen LogP contribution in [0.15, 0.2) is 57.0 Å². The topological polar surface area (TPSA) is 38.9 Å². The summed E-state index contributed by atoms with van der Waals surface area (Å²) in [6.07, 6.45) is 3.59. The average Bonchev–Trinajstić information content (AvgIpc) is 2.33. The molecule has 0 aliphatic carbocycles. The summed E-state index contributed by atoms with van der Waals surface area (Å²) >= 11 is 5.15. The van der Waals surface area contributed by atoms with Gasteiger partial charge in [0.05, 0.1) is 0 Å². The zero-order valence-corrected chi connectivity index (χ0v) is 11.0. The fourth-order valence-electron chi connectivity index (χ4n) is 1.34. The number of benzene rings is 1. The van der Waals surface area contributed by atoms with Gasteiger partial charge in [-0.3, -0.25) is 4.98 Å². The van der Waals surface area contributed by atoms with E-state index >= 15 is 0 Å². The predicted octanol–water partition coefficient (Wildman–Crippen LogP) is 3.45. The van der Waals surface area contributed by atoms with Crippen LogP contribution in [0.1, 0.15) is 5.56 Å². The Morgan fingerprint density at radius 1 is 1.19 bits per heavy atom. The van der Waals surface area contributed by atoms with Crippen LogP contribution in [0.5, 0.6) is 0 Å². The van der Waals surface area contributed by atoms with Crippen molar-refractivity contribution in [2.75, 3.05) is 0 Å². The SMILES string of the molecule is NCc1cc(Br)ccc1Sc1ccncc1. The lowest BCUT2D eigenvalue weighted by Gasteiger charge is -2.07. The smallest absolute Gasteiger partial charge is 0.0279 e. The van der Waals surface area contributed by atoms with Crippen LogP contribution >= 0.6 is 27.7 Å². The molecule has 0 bridgehead atoms. The lowest BCUT2D eigenvalue weighted by atomic mass is 10.2. The molecule has 1 heterocycles. The maximum Gasteiger partial charge on any atom is 0.0279 e. The Balaban J connectivity index is 2.28. The molecule has 2 N–H and O–H groups in total. The summed E-state index contributed by atoms with van der Waals surface area (Å²) in [7, 11) is 0. The van der Waals surface area contributed by atoms with Crippen LogP contribution in [0.25, 0.3) is 0 Å². The van der Waals surface area contributed by atoms with Crippen LogP contribution in [-0.2, 0) is 6.54 Å². The number of hydrogen-bond acceptors (Lipinski definition) is 3. The predicted molar refractivity (Wildman–Crippen MR) is 70.4 cm³/mol. The summed E-state index contributed by atoms with van der Waals surface area (Å²) in [5.41, 5.74) is 6.88. The molecule has 1 aromatic heterocycles. The summed E-state index contributed by atoms with van der Waals surface area (Å²) in [5.74, 6) is 0. The van der Waals surface area contributed by atoms with E-state index in [0.29, 0.717) is 6.54 Å². The van der Waals surface area contributed by atoms with Gasteiger partial charge in [-0.2, -0.15) is 0 Å². The molecule has 2 nitrogen and oxygen atoms in total. The molecule has 2 rings (SSSR count). The van der Waals surface area contributed by atoms with Crippen LogP contribution < -0.4 is 5.73 Å². The molecule has 0 aliphatic heterocycles. The minimum Gasteiger partial charge on any atom is -0.326 e. The molecule has 0 saturated carbocycles. The third kappa shape index (κ3) is 2.84. The lowest BCUT2D eigenvalue weighted by Crippen LogP contribution is -1.98. The van der Waals surface area contributed by atoms with E-state index in [4.69, 9.17) is 5.73 Å². The van der Waals surface area contributed by atoms with Gasteiger partial charge in [-0.1, -0.05) is 27.7 Å². The highest BCUT2D eigenvalue weighted by Gasteiger charge is 2.03. The van der Waals surface area contributed by atoms with E-state index in [1.165, 1.54) is 9.79 Å². The monoisotopic (exact) mass is 294 g/mol. The molecular weight excluding hydrogens is 284 g/mol. The first-order valence-corrected chi connectivity index (χ1v) is 6.47. The summed E-state index contributed by atoms with van der Waals surface area (Å²) in [6, 6.07) is 10.2. The van der Waals surface area contributed by atoms with E-state index in [1.807, 2.05) is 18.2 Å². The zero-order chi connectivity index (χ0) is 11.4. The number of pyridine rings is 1. The Morgan fingerprint density at radius 2 is 1.94 bits per heavy atom. The van der Waals surface area contributed by atoms with Gasteiger partial charge >= 0.3 is 0 Å². The minimum atomic E-state index is 0.548. The first-order chi connectivity index (χ1) is 7.79. The molecule has 4 heteroatoms. The molecule has 0 atom stereocenters. The van der Waals surface area contributed by atoms with E-state index < -0.39 is 0 Å². The Morgan fingerprint density at radius 3 is 2.62 bits per heavy atom. The molecule has 0 spiro atoms. The van der Waals surface area contributed by atoms with Crippen molar-refractivity contribution >= 4 is 27.7 Å². The highest BCUT2D eigenvalue weighted by Crippen LogP contribution is 2.31. The van der Waals surface area contributed by atoms with Gasteiger partial charge in [0, 0.05) is 33.2 Å². The van der Waals surface area contributed by atoms with Crippen LogP contribution in [0.2, 0.25) is 0 Å². The molecule has 0 saturated heterocycles. The zero-order valence-electron chi connectivity index (χ0n) is 8.56. The quantitative estimate of drug-likeness (QED) is 0.942. The van der Waals surface area contributed by atoms with Crippen molar-refractivity contribution in [1.29, 1.82) is 0 Å². The highest BCUT2D eigenvalue weighted by atomic mass is 79.9. The first kappa shape index (κ1) is 11.6. The standard InChI is InChI=1S/C12H11BrN2S/c13-10-1-2-12(9(7-10)8-14)16-11-3-5-15-6-4-11/h1-7H,8,14H2. The maximum absolute atomic E-state index is 5.73. The van der Waals surface area contributed by atoms with Crippen molar-refractivity contribution in [1.82, 2.24) is 4.98 Å². The maximum atomic E-state index is 5.73. The minimum absolute atomic E-state index is 0.548. The van der Waals surface area contributed by atoms with Crippen LogP contribution in [-0.4, -0.2) is 4.98 Å². The van der Waals surface area contributed by atoms with Crippen LogP contribution in [0.4, 0.5) is 0 Å². The van der Waals surface area contributed by atoms with E-state index in [-0.39, 0.29) is 0 Å². The third-order valence-electron chi connectivity index (χ3n) is 2.12. The number of nitrogens with zero attached hydrogens (tertiary/aromatic N) is 1. The lowest BCUT2D eigenvalue weighted by molar-refractivity contribution is 1.02. The number of rotatable bonds is 3. The molecule has 0 radical (unpaired) electrons. The first-order valence-electron chi connectivity index (χ1n) is 4.86. The largest absolute Gasteiger partial charge is 0.326 e. The number of aromatic nitrogens is 1. The van der Waals surface area contributed by atoms with E-state index in [9.17, 15) is 0 Å². The molecule has 1 aromatic carbocycles. The molecule has 82 valence electrons. The number of nitrogens with two attached hydrogens (primary N) is 1. The van der Waals surface area contributed by atoms with Gasteiger partial charge in [0.1, 0.15) is 0 Å². The number of hydrogen-bond donors (Lipinski definition) is 1. The average molecular weight is 295 g/mol. The van der Waals surface area contributed by atoms with Gasteiger partial charge < -0.3 is 5.73 Å². The molecule has 0 aliphatic rings. The molecule has 0 unspecified atom stereocenters. The van der Waals surface area contributed by atoms with Crippen LogP contribution in [0.3, 0.4) is 0 Å². The fraction of sp³-hybridized carbons (Fsp3) is 0.0833. The van der Waals surface area contributed by atoms with Gasteiger partial charge in [0.2, 0.25) is 0 Å². The van der Waals surface area contributed by atoms with Crippen molar-refractivity contribution < 1.29 is 0 Å². The van der Waals surface area contributed by atoms with Crippen LogP contribution in [0, 0.1) is 0 Å². The van der Waals surface area contributed by atoms with Crippen molar-refractivity contribution in [3.8, 4) is 0 Å². The molecule has 0 fully saturated rings. The van der Waals surface area contributed by atoms with Crippen molar-refractivity contribution in [2.24, 2.45) is 5.73 Å². The van der Waals surface area contributed by atoms with Gasteiger partial charge in [-0.05, 0) is 35.9 Å². The molecule has 2 aromatic rings. The van der Waals surface area contributed by atoms with Gasteiger partial charge in [-0.25, -0.2) is 0 Å². The van der Waals surface area contributed by atoms with E-state index in [2.05, 4.69) is 33.0 Å². The Hall–Kier alpha value is -0.840. The fourth-order valence-corrected chi connectivity index (χ4v) is 2.67. The van der Waals surface area contributed by atoms with E-state index in [0.717, 1.165) is 10.0 Å². The second-order valence-corrected chi connectivity index (χ2v) is 5.27. The summed E-state index contributed by atoms with van der Waals surface area (Å²) in [6.45, 7) is 0.548. The Bertz CT molecular complexity index is 474. The highest BCUT2D eigenvalue weighted by molar-refractivity contribution is 9.10. The second kappa shape index (κ2) is 5.48. The van der Waals surface area contributed by atoms with Gasteiger partial charge in [-0.15, -0.1) is 0 Å². The summed E-state index contributed by atoms with van der Waals surface area (Å²) < 4.78 is 1.06. The molecule has 16 heavy (non-hydrogen) atoms. The van der Waals surface area contributed by atoms with Crippen molar-refractivity contribution in [2.45, 2.75) is 16.3 Å². The second-order valence-electron chi connectivity index (χ2n) is 3.24. The van der Waals surface area contributed by atoms with Crippen molar-refractivity contribution in [3.05, 3.63) is 52.8 Å². The number of halogens is 1. The molecule has 0 amide bonds. The van der Waals surface area contributed by atoms with E-state index in [1.54, 1.807) is 24.2 Å². The van der Waals surface area contributed by atoms with Gasteiger partial charge in [0.15, 0.2) is 0 Å². The summed E-state index contributed by atoms with van der Waals surface area (Å²) in [5, 5.41) is 0. The Kier molecular flexibility index (Phi) is 3.98. The third-order valence-corrected chi connectivity index (χ3v) is 3.74. The normalized spacial score (nSPS) is 10.4. The summed E-state index contributed by atoms with van der Waals surface area (Å²) in [4.78, 5) is 6.36. The Labute approximate surface area is 107 Å². The van der Waals surface area contributed by atoms with Gasteiger partial charge in [0.25, 0.3) is 0 Å². The molecular formula is C12H11BrN2S.